The third kappa shape index (κ3) is 1.74. The first-order valence-electron chi connectivity index (χ1n) is 5.13. The van der Waals surface area contributed by atoms with Gasteiger partial charge in [-0.05, 0) is 12.1 Å². The monoisotopic (exact) mass is 262 g/mol. The maximum atomic E-state index is 9.25. The van der Waals surface area contributed by atoms with E-state index in [9.17, 15) is 10.0 Å². The summed E-state index contributed by atoms with van der Waals surface area (Å²) < 4.78 is 2.23. The highest BCUT2D eigenvalue weighted by molar-refractivity contribution is 7.25. The van der Waals surface area contributed by atoms with Crippen LogP contribution in [0.4, 0.5) is 0 Å². The van der Waals surface area contributed by atoms with Crippen molar-refractivity contribution in [3.63, 3.8) is 0 Å². The van der Waals surface area contributed by atoms with Gasteiger partial charge in [-0.3, -0.25) is 0 Å². The Hall–Kier alpha value is -1.07. The lowest BCUT2D eigenvalue weighted by molar-refractivity contribution is 0.426. The summed E-state index contributed by atoms with van der Waals surface area (Å²) in [5, 5.41) is 21.0. The molecule has 0 unspecified atom stereocenters. The van der Waals surface area contributed by atoms with Crippen molar-refractivity contribution >= 4 is 55.7 Å². The standard InChI is InChI=1S/C12H8BClO2S/c14-10-6-12-8(5-9(10)13(15)16)7-3-1-2-4-11(7)17-12/h1-6,15-16H. The second kappa shape index (κ2) is 4.00. The Morgan fingerprint density at radius 2 is 1.76 bits per heavy atom. The molecule has 0 aliphatic heterocycles. The minimum atomic E-state index is -1.54. The first-order chi connectivity index (χ1) is 8.16. The fourth-order valence-electron chi connectivity index (χ4n) is 1.96. The number of thiophene rings is 1. The summed E-state index contributed by atoms with van der Waals surface area (Å²) >= 11 is 7.66. The first-order valence-corrected chi connectivity index (χ1v) is 6.33. The lowest BCUT2D eigenvalue weighted by atomic mass is 9.79. The van der Waals surface area contributed by atoms with Crippen molar-refractivity contribution in [2.24, 2.45) is 0 Å². The topological polar surface area (TPSA) is 40.5 Å². The van der Waals surface area contributed by atoms with Gasteiger partial charge in [0.1, 0.15) is 0 Å². The van der Waals surface area contributed by atoms with Gasteiger partial charge in [0.05, 0.1) is 0 Å². The van der Waals surface area contributed by atoms with E-state index >= 15 is 0 Å². The molecule has 2 aromatic carbocycles. The predicted molar refractivity (Wildman–Crippen MR) is 74.2 cm³/mol. The highest BCUT2D eigenvalue weighted by atomic mass is 35.5. The molecule has 1 heterocycles. The van der Waals surface area contributed by atoms with E-state index < -0.39 is 7.12 Å². The second-order valence-electron chi connectivity index (χ2n) is 3.84. The molecule has 0 saturated carbocycles. The molecule has 3 rings (SSSR count). The normalized spacial score (nSPS) is 11.2. The molecule has 0 atom stereocenters. The van der Waals surface area contributed by atoms with Gasteiger partial charge in [-0.25, -0.2) is 0 Å². The number of benzene rings is 2. The largest absolute Gasteiger partial charge is 0.489 e. The van der Waals surface area contributed by atoms with Crippen LogP contribution in [0.25, 0.3) is 20.2 Å². The van der Waals surface area contributed by atoms with Crippen LogP contribution < -0.4 is 5.46 Å². The summed E-state index contributed by atoms with van der Waals surface area (Å²) in [5.74, 6) is 0. The highest BCUT2D eigenvalue weighted by Gasteiger charge is 2.17. The number of fused-ring (bicyclic) bond motifs is 3. The Kier molecular flexibility index (Phi) is 2.60. The molecule has 0 saturated heterocycles. The van der Waals surface area contributed by atoms with Crippen molar-refractivity contribution < 1.29 is 10.0 Å². The molecule has 0 spiro atoms. The van der Waals surface area contributed by atoms with Gasteiger partial charge in [-0.1, -0.05) is 35.9 Å². The van der Waals surface area contributed by atoms with Crippen LogP contribution in [0.3, 0.4) is 0 Å². The fourth-order valence-corrected chi connectivity index (χ4v) is 3.41. The molecule has 0 bridgehead atoms. The lowest BCUT2D eigenvalue weighted by Crippen LogP contribution is -2.30. The van der Waals surface area contributed by atoms with E-state index in [1.165, 1.54) is 4.70 Å². The van der Waals surface area contributed by atoms with Crippen LogP contribution in [0.1, 0.15) is 0 Å². The summed E-state index contributed by atoms with van der Waals surface area (Å²) in [7, 11) is -1.54. The van der Waals surface area contributed by atoms with E-state index in [0.717, 1.165) is 15.5 Å². The van der Waals surface area contributed by atoms with Crippen molar-refractivity contribution in [1.29, 1.82) is 0 Å². The van der Waals surface area contributed by atoms with Crippen molar-refractivity contribution in [3.05, 3.63) is 41.4 Å². The molecule has 2 N–H and O–H groups in total. The second-order valence-corrected chi connectivity index (χ2v) is 5.33. The van der Waals surface area contributed by atoms with Gasteiger partial charge in [0.2, 0.25) is 0 Å². The number of hydrogen-bond donors (Lipinski definition) is 2. The molecule has 3 aromatic rings. The molecule has 0 aliphatic carbocycles. The predicted octanol–water partition coefficient (Wildman–Crippen LogP) is 2.39. The Bertz CT molecular complexity index is 708. The van der Waals surface area contributed by atoms with E-state index in [1.807, 2.05) is 24.3 Å². The summed E-state index contributed by atoms with van der Waals surface area (Å²) in [4.78, 5) is 0. The van der Waals surface area contributed by atoms with Crippen LogP contribution in [0.5, 0.6) is 0 Å². The van der Waals surface area contributed by atoms with Gasteiger partial charge < -0.3 is 10.0 Å². The molecule has 0 radical (unpaired) electrons. The van der Waals surface area contributed by atoms with Crippen LogP contribution in [0.2, 0.25) is 5.02 Å². The zero-order valence-electron chi connectivity index (χ0n) is 8.72. The Balaban J connectivity index is 2.43. The summed E-state index contributed by atoms with van der Waals surface area (Å²) in [6.45, 7) is 0. The van der Waals surface area contributed by atoms with E-state index in [2.05, 4.69) is 0 Å². The maximum absolute atomic E-state index is 9.25. The molecule has 84 valence electrons. The van der Waals surface area contributed by atoms with Crippen molar-refractivity contribution in [2.45, 2.75) is 0 Å². The average Bonchev–Trinajstić information content (AvgIpc) is 2.64. The smallest absolute Gasteiger partial charge is 0.423 e. The average molecular weight is 263 g/mol. The van der Waals surface area contributed by atoms with E-state index in [1.54, 1.807) is 23.5 Å². The van der Waals surface area contributed by atoms with E-state index in [-0.39, 0.29) is 0 Å². The van der Waals surface area contributed by atoms with Gasteiger partial charge >= 0.3 is 7.12 Å². The summed E-state index contributed by atoms with van der Waals surface area (Å²) in [5.41, 5.74) is 0.350. The molecule has 0 aliphatic rings. The third-order valence-electron chi connectivity index (χ3n) is 2.77. The Morgan fingerprint density at radius 3 is 2.53 bits per heavy atom. The fraction of sp³-hybridized carbons (Fsp3) is 0. The quantitative estimate of drug-likeness (QED) is 0.661. The number of rotatable bonds is 1. The van der Waals surface area contributed by atoms with Crippen LogP contribution >= 0.6 is 22.9 Å². The number of hydrogen-bond acceptors (Lipinski definition) is 3. The zero-order valence-corrected chi connectivity index (χ0v) is 10.3. The van der Waals surface area contributed by atoms with Crippen LogP contribution in [-0.4, -0.2) is 17.2 Å². The van der Waals surface area contributed by atoms with Gasteiger partial charge in [0.15, 0.2) is 0 Å². The third-order valence-corrected chi connectivity index (χ3v) is 4.24. The molecular weight excluding hydrogens is 254 g/mol. The molecular formula is C12H8BClO2S. The molecule has 5 heteroatoms. The minimum absolute atomic E-state index is 0.350. The summed E-state index contributed by atoms with van der Waals surface area (Å²) in [6.07, 6.45) is 0. The van der Waals surface area contributed by atoms with Crippen LogP contribution in [-0.2, 0) is 0 Å². The minimum Gasteiger partial charge on any atom is -0.423 e. The van der Waals surface area contributed by atoms with Crippen molar-refractivity contribution in [1.82, 2.24) is 0 Å². The Labute approximate surface area is 107 Å². The molecule has 17 heavy (non-hydrogen) atoms. The van der Waals surface area contributed by atoms with Crippen LogP contribution in [0.15, 0.2) is 36.4 Å². The van der Waals surface area contributed by atoms with Gasteiger partial charge in [0, 0.05) is 30.7 Å². The van der Waals surface area contributed by atoms with Gasteiger partial charge in [0.25, 0.3) is 0 Å². The zero-order chi connectivity index (χ0) is 12.0. The SMILES string of the molecule is OB(O)c1cc2c(cc1Cl)sc1ccccc12. The highest BCUT2D eigenvalue weighted by Crippen LogP contribution is 2.34. The van der Waals surface area contributed by atoms with E-state index in [4.69, 9.17) is 11.6 Å². The van der Waals surface area contributed by atoms with Crippen LogP contribution in [0, 0.1) is 0 Å². The lowest BCUT2D eigenvalue weighted by Gasteiger charge is -2.02. The van der Waals surface area contributed by atoms with Crippen molar-refractivity contribution in [3.8, 4) is 0 Å². The molecule has 1 aromatic heterocycles. The first kappa shape index (κ1) is 11.0. The van der Waals surface area contributed by atoms with Gasteiger partial charge in [-0.2, -0.15) is 0 Å². The molecule has 2 nitrogen and oxygen atoms in total. The Morgan fingerprint density at radius 1 is 1.00 bits per heavy atom. The van der Waals surface area contributed by atoms with E-state index in [0.29, 0.717) is 10.5 Å². The summed E-state index contributed by atoms with van der Waals surface area (Å²) in [6, 6.07) is 11.6. The molecule has 0 fully saturated rings. The maximum Gasteiger partial charge on any atom is 0.489 e. The number of halogens is 1. The van der Waals surface area contributed by atoms with Crippen molar-refractivity contribution in [2.75, 3.05) is 0 Å². The van der Waals surface area contributed by atoms with Gasteiger partial charge in [-0.15, -0.1) is 11.3 Å². The molecule has 0 amide bonds.